The van der Waals surface area contributed by atoms with Gasteiger partial charge in [-0.05, 0) is 18.2 Å². The largest absolute Gasteiger partial charge is 0.418 e. The van der Waals surface area contributed by atoms with E-state index in [0.717, 1.165) is 12.1 Å². The third-order valence-electron chi connectivity index (χ3n) is 2.16. The van der Waals surface area contributed by atoms with Crippen molar-refractivity contribution in [1.29, 1.82) is 0 Å². The third-order valence-corrected chi connectivity index (χ3v) is 2.16. The van der Waals surface area contributed by atoms with Crippen LogP contribution in [0.4, 0.5) is 24.5 Å². The molecule has 1 atom stereocenters. The molecule has 0 saturated heterocycles. The highest BCUT2D eigenvalue weighted by Gasteiger charge is 2.33. The second-order valence-electron chi connectivity index (χ2n) is 3.60. The van der Waals surface area contributed by atoms with Crippen molar-refractivity contribution in [1.82, 2.24) is 0 Å². The lowest BCUT2D eigenvalue weighted by molar-refractivity contribution is -0.136. The van der Waals surface area contributed by atoms with Crippen molar-refractivity contribution in [2.75, 3.05) is 17.6 Å². The molecule has 8 heteroatoms. The predicted molar refractivity (Wildman–Crippen MR) is 59.5 cm³/mol. The summed E-state index contributed by atoms with van der Waals surface area (Å²) in [6.07, 6.45) is -6.15. The van der Waals surface area contributed by atoms with Gasteiger partial charge >= 0.3 is 6.18 Å². The van der Waals surface area contributed by atoms with E-state index in [-0.39, 0.29) is 11.4 Å². The molecule has 0 aliphatic heterocycles. The Morgan fingerprint density at radius 3 is 2.56 bits per heavy atom. The summed E-state index contributed by atoms with van der Waals surface area (Å²) >= 11 is 0. The fourth-order valence-electron chi connectivity index (χ4n) is 1.26. The fraction of sp³-hybridized carbons (Fsp3) is 0.300. The normalized spacial score (nSPS) is 13.1. The van der Waals surface area contributed by atoms with Crippen LogP contribution in [-0.2, 0) is 11.0 Å². The van der Waals surface area contributed by atoms with Crippen LogP contribution in [0, 0.1) is 0 Å². The number of nitrogens with one attached hydrogen (secondary N) is 1. The van der Waals surface area contributed by atoms with Crippen LogP contribution in [0.3, 0.4) is 0 Å². The quantitative estimate of drug-likeness (QED) is 0.596. The molecule has 1 aromatic carbocycles. The lowest BCUT2D eigenvalue weighted by atomic mass is 10.1. The van der Waals surface area contributed by atoms with E-state index in [0.29, 0.717) is 0 Å². The van der Waals surface area contributed by atoms with Crippen LogP contribution in [0.25, 0.3) is 0 Å². The van der Waals surface area contributed by atoms with Crippen molar-refractivity contribution in [2.24, 2.45) is 5.73 Å². The average Bonchev–Trinajstić information content (AvgIpc) is 2.25. The summed E-state index contributed by atoms with van der Waals surface area (Å²) in [6, 6.07) is 3.15. The number of hydrogen-bond donors (Lipinski definition) is 4. The van der Waals surface area contributed by atoms with Gasteiger partial charge in [-0.2, -0.15) is 13.2 Å². The molecule has 0 radical (unpaired) electrons. The van der Waals surface area contributed by atoms with E-state index in [4.69, 9.17) is 16.6 Å². The van der Waals surface area contributed by atoms with Gasteiger partial charge in [0.2, 0.25) is 5.91 Å². The van der Waals surface area contributed by atoms with Gasteiger partial charge in [-0.3, -0.25) is 4.79 Å². The number of aliphatic hydroxyl groups is 1. The van der Waals surface area contributed by atoms with E-state index in [1.54, 1.807) is 0 Å². The molecule has 0 aromatic heterocycles. The van der Waals surface area contributed by atoms with E-state index < -0.39 is 30.3 Å². The van der Waals surface area contributed by atoms with Crippen LogP contribution in [0.2, 0.25) is 0 Å². The third kappa shape index (κ3) is 3.52. The van der Waals surface area contributed by atoms with Gasteiger partial charge in [0, 0.05) is 17.9 Å². The van der Waals surface area contributed by atoms with Gasteiger partial charge in [-0.15, -0.1) is 0 Å². The number of aliphatic hydroxyl groups excluding tert-OH is 1. The van der Waals surface area contributed by atoms with Crippen molar-refractivity contribution in [2.45, 2.75) is 12.3 Å². The zero-order valence-electron chi connectivity index (χ0n) is 9.16. The highest BCUT2D eigenvalue weighted by molar-refractivity contribution is 5.79. The van der Waals surface area contributed by atoms with Crippen molar-refractivity contribution >= 4 is 17.3 Å². The Labute approximate surface area is 101 Å². The van der Waals surface area contributed by atoms with Crippen molar-refractivity contribution in [3.63, 3.8) is 0 Å². The Kier molecular flexibility index (Phi) is 4.02. The molecule has 18 heavy (non-hydrogen) atoms. The molecule has 0 bridgehead atoms. The van der Waals surface area contributed by atoms with Crippen LogP contribution in [-0.4, -0.2) is 23.7 Å². The maximum Gasteiger partial charge on any atom is 0.418 e. The summed E-state index contributed by atoms with van der Waals surface area (Å²) in [5.74, 6) is -1.02. The minimum Gasteiger partial charge on any atom is -0.399 e. The molecular formula is C10H12F3N3O2. The van der Waals surface area contributed by atoms with Gasteiger partial charge in [0.1, 0.15) is 6.10 Å². The Morgan fingerprint density at radius 2 is 2.06 bits per heavy atom. The SMILES string of the molecule is NC(=O)C(O)CNc1ccc(N)cc1C(F)(F)F. The van der Waals surface area contributed by atoms with Crippen LogP contribution in [0.15, 0.2) is 18.2 Å². The van der Waals surface area contributed by atoms with Crippen LogP contribution in [0.1, 0.15) is 5.56 Å². The first-order valence-corrected chi connectivity index (χ1v) is 4.90. The fourth-order valence-corrected chi connectivity index (χ4v) is 1.26. The van der Waals surface area contributed by atoms with E-state index in [9.17, 15) is 18.0 Å². The topological polar surface area (TPSA) is 101 Å². The predicted octanol–water partition coefficient (Wildman–Crippen LogP) is 0.546. The number of anilines is 2. The lowest BCUT2D eigenvalue weighted by Crippen LogP contribution is -2.34. The number of carbonyl (C=O) groups is 1. The number of carbonyl (C=O) groups excluding carboxylic acids is 1. The maximum atomic E-state index is 12.7. The Morgan fingerprint density at radius 1 is 1.44 bits per heavy atom. The molecule has 1 amide bonds. The second kappa shape index (κ2) is 5.13. The maximum absolute atomic E-state index is 12.7. The van der Waals surface area contributed by atoms with Gasteiger partial charge in [0.15, 0.2) is 0 Å². The number of rotatable bonds is 4. The van der Waals surface area contributed by atoms with Crippen LogP contribution < -0.4 is 16.8 Å². The smallest absolute Gasteiger partial charge is 0.399 e. The first-order chi connectivity index (χ1) is 8.21. The van der Waals surface area contributed by atoms with E-state index in [1.807, 2.05) is 0 Å². The summed E-state index contributed by atoms with van der Waals surface area (Å²) < 4.78 is 38.0. The molecule has 1 aromatic rings. The molecular weight excluding hydrogens is 251 g/mol. The molecule has 6 N–H and O–H groups in total. The number of hydrogen-bond acceptors (Lipinski definition) is 4. The van der Waals surface area contributed by atoms with E-state index in [1.165, 1.54) is 6.07 Å². The highest BCUT2D eigenvalue weighted by atomic mass is 19.4. The Bertz CT molecular complexity index is 448. The standard InChI is InChI=1S/C10H12F3N3O2/c11-10(12,13)6-3-5(14)1-2-7(6)16-4-8(17)9(15)18/h1-3,8,16-17H,4,14H2,(H2,15,18). The molecule has 0 spiro atoms. The molecule has 1 rings (SSSR count). The van der Waals surface area contributed by atoms with Gasteiger partial charge in [-0.25, -0.2) is 0 Å². The Balaban J connectivity index is 2.92. The number of benzene rings is 1. The molecule has 5 nitrogen and oxygen atoms in total. The zero-order valence-corrected chi connectivity index (χ0v) is 9.16. The molecule has 1 unspecified atom stereocenters. The summed E-state index contributed by atoms with van der Waals surface area (Å²) in [7, 11) is 0. The van der Waals surface area contributed by atoms with Gasteiger partial charge < -0.3 is 21.9 Å². The van der Waals surface area contributed by atoms with Crippen LogP contribution in [0.5, 0.6) is 0 Å². The summed E-state index contributed by atoms with van der Waals surface area (Å²) in [6.45, 7) is -0.414. The van der Waals surface area contributed by atoms with Crippen molar-refractivity contribution < 1.29 is 23.1 Å². The van der Waals surface area contributed by atoms with E-state index >= 15 is 0 Å². The lowest BCUT2D eigenvalue weighted by Gasteiger charge is -2.16. The minimum atomic E-state index is -4.59. The molecule has 0 aliphatic rings. The first-order valence-electron chi connectivity index (χ1n) is 4.90. The van der Waals surface area contributed by atoms with Crippen molar-refractivity contribution in [3.8, 4) is 0 Å². The number of amides is 1. The molecule has 0 aliphatic carbocycles. The number of primary amides is 1. The number of halogens is 3. The molecule has 0 fully saturated rings. The highest BCUT2D eigenvalue weighted by Crippen LogP contribution is 2.35. The molecule has 0 saturated carbocycles. The number of nitrogens with two attached hydrogens (primary N) is 2. The van der Waals surface area contributed by atoms with Gasteiger partial charge in [0.25, 0.3) is 0 Å². The van der Waals surface area contributed by atoms with E-state index in [2.05, 4.69) is 5.32 Å². The monoisotopic (exact) mass is 263 g/mol. The summed E-state index contributed by atoms with van der Waals surface area (Å²) in [5.41, 5.74) is 8.76. The molecule has 0 heterocycles. The van der Waals surface area contributed by atoms with Crippen LogP contribution >= 0.6 is 0 Å². The number of alkyl halides is 3. The first kappa shape index (κ1) is 14.1. The van der Waals surface area contributed by atoms with Gasteiger partial charge in [-0.1, -0.05) is 0 Å². The molecule has 100 valence electrons. The summed E-state index contributed by atoms with van der Waals surface area (Å²) in [4.78, 5) is 10.5. The zero-order chi connectivity index (χ0) is 13.9. The Hall–Kier alpha value is -1.96. The minimum absolute atomic E-state index is 0.0386. The average molecular weight is 263 g/mol. The number of nitrogen functional groups attached to an aromatic ring is 1. The van der Waals surface area contributed by atoms with Gasteiger partial charge in [0.05, 0.1) is 5.56 Å². The summed E-state index contributed by atoms with van der Waals surface area (Å²) in [5, 5.41) is 11.4. The second-order valence-corrected chi connectivity index (χ2v) is 3.60. The van der Waals surface area contributed by atoms with Crippen molar-refractivity contribution in [3.05, 3.63) is 23.8 Å².